The van der Waals surface area contributed by atoms with Gasteiger partial charge in [-0.25, -0.2) is 0 Å². The molecule has 0 aliphatic rings. The van der Waals surface area contributed by atoms with Crippen LogP contribution >= 0.6 is 0 Å². The minimum atomic E-state index is 0.414. The van der Waals surface area contributed by atoms with E-state index in [0.717, 1.165) is 6.42 Å². The lowest BCUT2D eigenvalue weighted by Gasteiger charge is -1.80. The Hall–Kier alpha value is -0.460. The lowest BCUT2D eigenvalue weighted by molar-refractivity contribution is 0.412. The molecule has 0 aliphatic carbocycles. The van der Waals surface area contributed by atoms with E-state index in [1.54, 1.807) is 13.0 Å². The highest BCUT2D eigenvalue weighted by Gasteiger charge is 1.70. The maximum atomic E-state index is 8.41. The summed E-state index contributed by atoms with van der Waals surface area (Å²) in [6.45, 7) is 3.66. The molecule has 0 radical (unpaired) electrons. The van der Waals surface area contributed by atoms with Crippen LogP contribution in [0.25, 0.3) is 0 Å². The van der Waals surface area contributed by atoms with Crippen molar-refractivity contribution < 1.29 is 5.11 Å². The first-order chi connectivity index (χ1) is 2.77. The average molecular weight is 86.1 g/mol. The number of aliphatic hydroxyl groups is 1. The third kappa shape index (κ3) is 3.54. The molecule has 0 saturated carbocycles. The van der Waals surface area contributed by atoms with E-state index >= 15 is 0 Å². The van der Waals surface area contributed by atoms with Crippen LogP contribution in [0.15, 0.2) is 11.8 Å². The Morgan fingerprint density at radius 2 is 2.33 bits per heavy atom. The molecule has 1 heteroatoms. The normalized spacial score (nSPS) is 12.0. The number of allylic oxidation sites excluding steroid dienone is 2. The van der Waals surface area contributed by atoms with Gasteiger partial charge in [0.1, 0.15) is 0 Å². The van der Waals surface area contributed by atoms with Crippen LogP contribution in [0.2, 0.25) is 0 Å². The van der Waals surface area contributed by atoms with Crippen LogP contribution in [0.1, 0.15) is 20.3 Å². The zero-order valence-electron chi connectivity index (χ0n) is 4.23. The van der Waals surface area contributed by atoms with Gasteiger partial charge in [-0.05, 0) is 19.4 Å². The van der Waals surface area contributed by atoms with E-state index in [1.165, 1.54) is 0 Å². The first-order valence-corrected chi connectivity index (χ1v) is 2.13. The van der Waals surface area contributed by atoms with Gasteiger partial charge < -0.3 is 5.11 Å². The molecule has 0 saturated heterocycles. The van der Waals surface area contributed by atoms with Crippen molar-refractivity contribution in [3.8, 4) is 0 Å². The molecule has 0 spiro atoms. The zero-order valence-corrected chi connectivity index (χ0v) is 4.23. The van der Waals surface area contributed by atoms with Crippen LogP contribution in [0, 0.1) is 0 Å². The van der Waals surface area contributed by atoms with Crippen molar-refractivity contribution in [2.45, 2.75) is 20.3 Å². The van der Waals surface area contributed by atoms with E-state index in [0.29, 0.717) is 5.76 Å². The zero-order chi connectivity index (χ0) is 4.99. The number of hydrogen-bond acceptors (Lipinski definition) is 1. The number of hydrogen-bond donors (Lipinski definition) is 1. The highest BCUT2D eigenvalue weighted by Crippen LogP contribution is 1.85. The molecule has 0 fully saturated rings. The molecule has 1 N–H and O–H groups in total. The van der Waals surface area contributed by atoms with Crippen LogP contribution in [-0.2, 0) is 0 Å². The van der Waals surface area contributed by atoms with Gasteiger partial charge in [0.15, 0.2) is 0 Å². The van der Waals surface area contributed by atoms with Gasteiger partial charge in [0, 0.05) is 0 Å². The Morgan fingerprint density at radius 3 is 2.33 bits per heavy atom. The minimum Gasteiger partial charge on any atom is -0.513 e. The Balaban J connectivity index is 3.14. The standard InChI is InChI=1S/C5H10O/c1-3-4-5(2)6/h4,6H,3H2,1-2H3/b5-4+. The van der Waals surface area contributed by atoms with Crippen molar-refractivity contribution in [1.29, 1.82) is 0 Å². The summed E-state index contributed by atoms with van der Waals surface area (Å²) in [5, 5.41) is 8.41. The van der Waals surface area contributed by atoms with Crippen LogP contribution in [0.3, 0.4) is 0 Å². The predicted molar refractivity (Wildman–Crippen MR) is 26.7 cm³/mol. The van der Waals surface area contributed by atoms with Crippen molar-refractivity contribution in [2.24, 2.45) is 0 Å². The highest BCUT2D eigenvalue weighted by molar-refractivity contribution is 4.83. The molecule has 1 nitrogen and oxygen atoms in total. The van der Waals surface area contributed by atoms with Gasteiger partial charge in [-0.1, -0.05) is 6.92 Å². The lowest BCUT2D eigenvalue weighted by Crippen LogP contribution is -1.64. The first-order valence-electron chi connectivity index (χ1n) is 2.13. The maximum Gasteiger partial charge on any atom is 0.0851 e. The summed E-state index contributed by atoms with van der Waals surface area (Å²) in [7, 11) is 0. The molecular formula is C5H10O. The molecule has 0 aromatic heterocycles. The van der Waals surface area contributed by atoms with Gasteiger partial charge in [0.05, 0.1) is 5.76 Å². The van der Waals surface area contributed by atoms with Crippen LogP contribution in [-0.4, -0.2) is 5.11 Å². The highest BCUT2D eigenvalue weighted by atomic mass is 16.3. The van der Waals surface area contributed by atoms with E-state index in [-0.39, 0.29) is 0 Å². The topological polar surface area (TPSA) is 20.2 Å². The minimum absolute atomic E-state index is 0.414. The summed E-state index contributed by atoms with van der Waals surface area (Å²) < 4.78 is 0. The Kier molecular flexibility index (Phi) is 2.55. The fraction of sp³-hybridized carbons (Fsp3) is 0.600. The molecule has 0 aromatic rings. The second kappa shape index (κ2) is 2.76. The van der Waals surface area contributed by atoms with Gasteiger partial charge in [-0.2, -0.15) is 0 Å². The molecule has 0 atom stereocenters. The molecule has 36 valence electrons. The summed E-state index contributed by atoms with van der Waals surface area (Å²) in [5.41, 5.74) is 0. The largest absolute Gasteiger partial charge is 0.513 e. The quantitative estimate of drug-likeness (QED) is 0.483. The molecule has 0 bridgehead atoms. The Bertz CT molecular complexity index is 51.0. The summed E-state index contributed by atoms with van der Waals surface area (Å²) in [6, 6.07) is 0. The van der Waals surface area contributed by atoms with Crippen LogP contribution in [0.5, 0.6) is 0 Å². The number of rotatable bonds is 1. The smallest absolute Gasteiger partial charge is 0.0851 e. The Labute approximate surface area is 38.3 Å². The number of aliphatic hydroxyl groups excluding tert-OH is 1. The monoisotopic (exact) mass is 86.1 g/mol. The van der Waals surface area contributed by atoms with E-state index in [2.05, 4.69) is 0 Å². The van der Waals surface area contributed by atoms with E-state index < -0.39 is 0 Å². The molecule has 0 rings (SSSR count). The summed E-state index contributed by atoms with van der Waals surface area (Å²) in [6.07, 6.45) is 2.68. The first kappa shape index (κ1) is 5.54. The van der Waals surface area contributed by atoms with Crippen LogP contribution in [0.4, 0.5) is 0 Å². The molecule has 0 aromatic carbocycles. The van der Waals surface area contributed by atoms with Crippen LogP contribution < -0.4 is 0 Å². The summed E-state index contributed by atoms with van der Waals surface area (Å²) in [4.78, 5) is 0. The molecule has 0 aliphatic heterocycles. The maximum absolute atomic E-state index is 8.41. The second-order valence-corrected chi connectivity index (χ2v) is 1.25. The van der Waals surface area contributed by atoms with Crippen molar-refractivity contribution in [2.75, 3.05) is 0 Å². The predicted octanol–water partition coefficient (Wildman–Crippen LogP) is 1.86. The van der Waals surface area contributed by atoms with Crippen molar-refractivity contribution in [1.82, 2.24) is 0 Å². The molecule has 6 heavy (non-hydrogen) atoms. The van der Waals surface area contributed by atoms with Crippen molar-refractivity contribution in [3.63, 3.8) is 0 Å². The van der Waals surface area contributed by atoms with E-state index in [9.17, 15) is 0 Å². The van der Waals surface area contributed by atoms with Gasteiger partial charge in [-0.15, -0.1) is 0 Å². The molecule has 0 amide bonds. The van der Waals surface area contributed by atoms with Crippen molar-refractivity contribution in [3.05, 3.63) is 11.8 Å². The third-order valence-corrected chi connectivity index (χ3v) is 0.500. The average Bonchev–Trinajstić information content (AvgIpc) is 1.35. The SMILES string of the molecule is CC/C=C(\C)O. The third-order valence-electron chi connectivity index (χ3n) is 0.500. The molecule has 0 unspecified atom stereocenters. The van der Waals surface area contributed by atoms with Gasteiger partial charge in [0.2, 0.25) is 0 Å². The van der Waals surface area contributed by atoms with Gasteiger partial charge >= 0.3 is 0 Å². The Morgan fingerprint density at radius 1 is 1.83 bits per heavy atom. The van der Waals surface area contributed by atoms with Gasteiger partial charge in [0.25, 0.3) is 0 Å². The van der Waals surface area contributed by atoms with Crippen molar-refractivity contribution >= 4 is 0 Å². The van der Waals surface area contributed by atoms with E-state index in [4.69, 9.17) is 5.11 Å². The molecule has 0 heterocycles. The summed E-state index contributed by atoms with van der Waals surface area (Å²) in [5.74, 6) is 0.414. The molecular weight excluding hydrogens is 76.1 g/mol. The van der Waals surface area contributed by atoms with Gasteiger partial charge in [-0.3, -0.25) is 0 Å². The fourth-order valence-corrected chi connectivity index (χ4v) is 0.295. The van der Waals surface area contributed by atoms with E-state index in [1.807, 2.05) is 6.92 Å². The fourth-order valence-electron chi connectivity index (χ4n) is 0.295. The lowest BCUT2D eigenvalue weighted by atomic mass is 10.4. The summed E-state index contributed by atoms with van der Waals surface area (Å²) >= 11 is 0. The second-order valence-electron chi connectivity index (χ2n) is 1.25.